The molecule has 4 heteroatoms. The van der Waals surface area contributed by atoms with Gasteiger partial charge in [0.2, 0.25) is 0 Å². The monoisotopic (exact) mass is 467 g/mol. The Balaban J connectivity index is 2.45. The number of hydroxylamine groups is 2. The second-order valence-corrected chi connectivity index (χ2v) is 11.5. The Kier molecular flexibility index (Phi) is 9.90. The molecule has 0 aliphatic rings. The molecule has 0 aliphatic heterocycles. The lowest BCUT2D eigenvalue weighted by molar-refractivity contribution is -0.279. The summed E-state index contributed by atoms with van der Waals surface area (Å²) in [6.07, 6.45) is 0.980. The van der Waals surface area contributed by atoms with Crippen LogP contribution >= 0.6 is 0 Å². The fourth-order valence-corrected chi connectivity index (χ4v) is 4.20. The number of rotatable bonds is 10. The van der Waals surface area contributed by atoms with Crippen LogP contribution in [-0.2, 0) is 14.4 Å². The molecule has 4 nitrogen and oxygen atoms in total. The molecule has 2 aromatic rings. The lowest BCUT2D eigenvalue weighted by Crippen LogP contribution is -2.46. The largest absolute Gasteiger partial charge is 0.460 e. The van der Waals surface area contributed by atoms with Gasteiger partial charge >= 0.3 is 5.97 Å². The number of carbonyl (C=O) groups is 1. The average molecular weight is 468 g/mol. The van der Waals surface area contributed by atoms with Gasteiger partial charge in [0.05, 0.1) is 12.0 Å². The molecule has 188 valence electrons. The summed E-state index contributed by atoms with van der Waals surface area (Å²) in [4.78, 5) is 19.9. The highest BCUT2D eigenvalue weighted by atomic mass is 16.7. The van der Waals surface area contributed by atoms with Crippen molar-refractivity contribution in [2.24, 2.45) is 11.8 Å². The summed E-state index contributed by atoms with van der Waals surface area (Å²) in [7, 11) is 0. The third-order valence-electron chi connectivity index (χ3n) is 5.83. The number of ether oxygens (including phenoxy) is 1. The van der Waals surface area contributed by atoms with Gasteiger partial charge in [0.15, 0.2) is 0 Å². The zero-order chi connectivity index (χ0) is 25.5. The van der Waals surface area contributed by atoms with Crippen LogP contribution in [0.25, 0.3) is 0 Å². The molecule has 0 spiro atoms. The highest BCUT2D eigenvalue weighted by Crippen LogP contribution is 2.39. The molecule has 3 atom stereocenters. The van der Waals surface area contributed by atoms with Crippen molar-refractivity contribution in [1.29, 1.82) is 0 Å². The van der Waals surface area contributed by atoms with Gasteiger partial charge in [-0.15, -0.1) is 0 Å². The quantitative estimate of drug-likeness (QED) is 0.263. The van der Waals surface area contributed by atoms with E-state index in [9.17, 15) is 4.79 Å². The molecule has 0 saturated heterocycles. The molecule has 0 heterocycles. The fraction of sp³-hybridized carbons (Fsp3) is 0.567. The highest BCUT2D eigenvalue weighted by molar-refractivity contribution is 5.72. The SMILES string of the molecule is CCC(CC(ON(C(c1ccccc1)C(C)C)C(C)(C)C)c1ccccc1)C(=O)OC(C)(C)C. The fourth-order valence-electron chi connectivity index (χ4n) is 4.20. The van der Waals surface area contributed by atoms with Crippen LogP contribution in [0, 0.1) is 11.8 Å². The van der Waals surface area contributed by atoms with Gasteiger partial charge in [-0.1, -0.05) is 81.4 Å². The van der Waals surface area contributed by atoms with Gasteiger partial charge in [-0.3, -0.25) is 9.63 Å². The van der Waals surface area contributed by atoms with Gasteiger partial charge in [0, 0.05) is 5.54 Å². The van der Waals surface area contributed by atoms with E-state index in [4.69, 9.17) is 9.57 Å². The van der Waals surface area contributed by atoms with Crippen LogP contribution < -0.4 is 0 Å². The second-order valence-electron chi connectivity index (χ2n) is 11.5. The number of carbonyl (C=O) groups excluding carboxylic acids is 1. The van der Waals surface area contributed by atoms with E-state index in [1.807, 2.05) is 52.0 Å². The molecule has 2 aromatic carbocycles. The van der Waals surface area contributed by atoms with Gasteiger partial charge in [-0.05, 0) is 71.4 Å². The number of benzene rings is 2. The summed E-state index contributed by atoms with van der Waals surface area (Å²) < 4.78 is 5.75. The van der Waals surface area contributed by atoms with Crippen LogP contribution in [0.4, 0.5) is 0 Å². The summed E-state index contributed by atoms with van der Waals surface area (Å²) in [6.45, 7) is 18.8. The first-order chi connectivity index (χ1) is 15.8. The summed E-state index contributed by atoms with van der Waals surface area (Å²) in [5.74, 6) is -0.0864. The molecule has 2 rings (SSSR count). The maximum absolute atomic E-state index is 13.0. The predicted molar refractivity (Wildman–Crippen MR) is 140 cm³/mol. The van der Waals surface area contributed by atoms with Crippen LogP contribution in [0.1, 0.15) is 98.4 Å². The first-order valence-corrected chi connectivity index (χ1v) is 12.6. The maximum atomic E-state index is 13.0. The minimum atomic E-state index is -0.513. The summed E-state index contributed by atoms with van der Waals surface area (Å²) >= 11 is 0. The van der Waals surface area contributed by atoms with Crippen molar-refractivity contribution in [3.05, 3.63) is 71.8 Å². The minimum absolute atomic E-state index is 0.0639. The third kappa shape index (κ3) is 8.25. The molecule has 0 fully saturated rings. The highest BCUT2D eigenvalue weighted by Gasteiger charge is 2.37. The maximum Gasteiger partial charge on any atom is 0.309 e. The summed E-state index contributed by atoms with van der Waals surface area (Å²) in [6, 6.07) is 20.8. The van der Waals surface area contributed by atoms with E-state index in [1.54, 1.807) is 0 Å². The van der Waals surface area contributed by atoms with Crippen molar-refractivity contribution in [1.82, 2.24) is 5.06 Å². The van der Waals surface area contributed by atoms with Crippen molar-refractivity contribution in [2.75, 3.05) is 0 Å². The van der Waals surface area contributed by atoms with Crippen LogP contribution in [-0.4, -0.2) is 22.2 Å². The number of hydrogen-bond donors (Lipinski definition) is 0. The van der Waals surface area contributed by atoms with E-state index in [2.05, 4.69) is 76.1 Å². The Morgan fingerprint density at radius 2 is 1.35 bits per heavy atom. The Morgan fingerprint density at radius 1 is 0.853 bits per heavy atom. The predicted octanol–water partition coefficient (Wildman–Crippen LogP) is 7.92. The standard InChI is InChI=1S/C30H45NO3/c1-10-23(28(32)33-30(7,8)9)21-26(24-17-13-11-14-18-24)34-31(29(4,5)6)27(22(2)3)25-19-15-12-16-20-25/h11-20,22-23,26-27H,10,21H2,1-9H3. The van der Waals surface area contributed by atoms with E-state index in [0.717, 1.165) is 5.56 Å². The van der Waals surface area contributed by atoms with Gasteiger partial charge < -0.3 is 4.74 Å². The molecule has 0 saturated carbocycles. The molecular formula is C30H45NO3. The molecule has 0 amide bonds. The molecular weight excluding hydrogens is 422 g/mol. The smallest absolute Gasteiger partial charge is 0.309 e. The lowest BCUT2D eigenvalue weighted by atomic mass is 9.92. The number of nitrogens with zero attached hydrogens (tertiary/aromatic N) is 1. The average Bonchev–Trinajstić information content (AvgIpc) is 2.74. The van der Waals surface area contributed by atoms with Crippen LogP contribution in [0.3, 0.4) is 0 Å². The van der Waals surface area contributed by atoms with Crippen LogP contribution in [0.15, 0.2) is 60.7 Å². The van der Waals surface area contributed by atoms with E-state index < -0.39 is 5.60 Å². The van der Waals surface area contributed by atoms with E-state index >= 15 is 0 Å². The lowest BCUT2D eigenvalue weighted by Gasteiger charge is -2.44. The van der Waals surface area contributed by atoms with Gasteiger partial charge in [0.1, 0.15) is 11.7 Å². The van der Waals surface area contributed by atoms with Crippen molar-refractivity contribution >= 4 is 5.97 Å². The van der Waals surface area contributed by atoms with Crippen LogP contribution in [0.5, 0.6) is 0 Å². The van der Waals surface area contributed by atoms with Crippen molar-refractivity contribution in [2.45, 2.75) is 98.4 Å². The van der Waals surface area contributed by atoms with Crippen molar-refractivity contribution < 1.29 is 14.4 Å². The first-order valence-electron chi connectivity index (χ1n) is 12.6. The molecule has 0 aliphatic carbocycles. The van der Waals surface area contributed by atoms with Gasteiger partial charge in [-0.2, -0.15) is 5.06 Å². The molecule has 34 heavy (non-hydrogen) atoms. The Labute approximate surface area is 207 Å². The normalized spacial score (nSPS) is 15.3. The first kappa shape index (κ1) is 28.1. The van der Waals surface area contributed by atoms with E-state index in [-0.39, 0.29) is 29.6 Å². The van der Waals surface area contributed by atoms with Crippen molar-refractivity contribution in [3.63, 3.8) is 0 Å². The van der Waals surface area contributed by atoms with Crippen molar-refractivity contribution in [3.8, 4) is 0 Å². The number of esters is 1. The van der Waals surface area contributed by atoms with Gasteiger partial charge in [0.25, 0.3) is 0 Å². The Morgan fingerprint density at radius 3 is 1.76 bits per heavy atom. The molecule has 0 N–H and O–H groups in total. The zero-order valence-electron chi connectivity index (χ0n) is 22.7. The topological polar surface area (TPSA) is 38.8 Å². The van der Waals surface area contributed by atoms with Gasteiger partial charge in [-0.25, -0.2) is 0 Å². The number of hydrogen-bond acceptors (Lipinski definition) is 4. The zero-order valence-corrected chi connectivity index (χ0v) is 22.7. The molecule has 0 bridgehead atoms. The molecule has 0 radical (unpaired) electrons. The van der Waals surface area contributed by atoms with Crippen LogP contribution in [0.2, 0.25) is 0 Å². The Hall–Kier alpha value is -2.17. The van der Waals surface area contributed by atoms with E-state index in [0.29, 0.717) is 18.8 Å². The van der Waals surface area contributed by atoms with E-state index in [1.165, 1.54) is 5.56 Å². The molecule has 0 aromatic heterocycles. The summed E-state index contributed by atoms with van der Waals surface area (Å²) in [5.41, 5.74) is 1.51. The Bertz CT molecular complexity index is 865. The molecule has 3 unspecified atom stereocenters. The summed E-state index contributed by atoms with van der Waals surface area (Å²) in [5, 5.41) is 2.15. The third-order valence-corrected chi connectivity index (χ3v) is 5.83. The second kappa shape index (κ2) is 12.0. The minimum Gasteiger partial charge on any atom is -0.460 e.